The molecule has 0 aromatic heterocycles. The molecule has 2 aromatic carbocycles. The molecular weight excluding hydrogens is 276 g/mol. The largest absolute Gasteiger partial charge is 0.497 e. The number of ether oxygens (including phenoxy) is 1. The molecule has 0 bridgehead atoms. The molecule has 0 saturated heterocycles. The van der Waals surface area contributed by atoms with Crippen LogP contribution in [-0.4, -0.2) is 7.11 Å². The first-order valence-electron chi connectivity index (χ1n) is 6.00. The van der Waals surface area contributed by atoms with Crippen molar-refractivity contribution >= 4 is 26.7 Å². The summed E-state index contributed by atoms with van der Waals surface area (Å²) in [7, 11) is 1.71. The van der Waals surface area contributed by atoms with E-state index in [1.807, 2.05) is 6.07 Å². The van der Waals surface area contributed by atoms with Crippen LogP contribution in [0.15, 0.2) is 36.4 Å². The third-order valence-electron chi connectivity index (χ3n) is 3.43. The fourth-order valence-corrected chi connectivity index (χ4v) is 3.02. The summed E-state index contributed by atoms with van der Waals surface area (Å²) in [6.07, 6.45) is 2.72. The van der Waals surface area contributed by atoms with Crippen molar-refractivity contribution in [3.63, 3.8) is 0 Å². The molecular formula is C15H15BrO. The van der Waals surface area contributed by atoms with Gasteiger partial charge in [-0.25, -0.2) is 0 Å². The van der Waals surface area contributed by atoms with E-state index in [1.54, 1.807) is 7.11 Å². The smallest absolute Gasteiger partial charge is 0.119 e. The molecule has 0 amide bonds. The molecule has 1 aliphatic rings. The average Bonchev–Trinajstić information content (AvgIpc) is 3.21. The van der Waals surface area contributed by atoms with Gasteiger partial charge in [0, 0.05) is 4.83 Å². The van der Waals surface area contributed by atoms with Crippen LogP contribution in [0.2, 0.25) is 0 Å². The minimum atomic E-state index is 0.522. The molecule has 0 N–H and O–H groups in total. The van der Waals surface area contributed by atoms with Gasteiger partial charge in [-0.3, -0.25) is 0 Å². The molecule has 3 rings (SSSR count). The minimum absolute atomic E-state index is 0.522. The molecule has 0 aliphatic heterocycles. The van der Waals surface area contributed by atoms with Gasteiger partial charge in [0.15, 0.2) is 0 Å². The molecule has 17 heavy (non-hydrogen) atoms. The molecule has 1 atom stereocenters. The lowest BCUT2D eigenvalue weighted by molar-refractivity contribution is 0.415. The van der Waals surface area contributed by atoms with E-state index >= 15 is 0 Å². The Hall–Kier alpha value is -1.02. The Bertz CT molecular complexity index is 546. The van der Waals surface area contributed by atoms with Crippen molar-refractivity contribution in [1.82, 2.24) is 0 Å². The normalized spacial score (nSPS) is 17.1. The quantitative estimate of drug-likeness (QED) is 0.745. The van der Waals surface area contributed by atoms with Gasteiger partial charge in [-0.2, -0.15) is 0 Å². The van der Waals surface area contributed by atoms with Crippen LogP contribution < -0.4 is 4.74 Å². The standard InChI is InChI=1S/C15H15BrO/c1-17-14-7-6-11-8-13(5-4-12(11)9-14)15(16)10-2-3-10/h4-10,15H,2-3H2,1H3. The number of methoxy groups -OCH3 is 1. The SMILES string of the molecule is COc1ccc2cc(C(Br)C3CC3)ccc2c1. The average molecular weight is 291 g/mol. The van der Waals surface area contributed by atoms with Gasteiger partial charge < -0.3 is 4.74 Å². The maximum absolute atomic E-state index is 5.24. The lowest BCUT2D eigenvalue weighted by Gasteiger charge is -2.10. The highest BCUT2D eigenvalue weighted by Crippen LogP contribution is 2.46. The zero-order valence-electron chi connectivity index (χ0n) is 9.82. The molecule has 2 heteroatoms. The molecule has 1 nitrogen and oxygen atoms in total. The van der Waals surface area contributed by atoms with Crippen LogP contribution in [0.1, 0.15) is 23.2 Å². The topological polar surface area (TPSA) is 9.23 Å². The lowest BCUT2D eigenvalue weighted by atomic mass is 10.0. The van der Waals surface area contributed by atoms with Crippen molar-refractivity contribution < 1.29 is 4.74 Å². The number of fused-ring (bicyclic) bond motifs is 1. The van der Waals surface area contributed by atoms with E-state index in [4.69, 9.17) is 4.74 Å². The van der Waals surface area contributed by atoms with Gasteiger partial charge in [-0.05, 0) is 47.2 Å². The maximum atomic E-state index is 5.24. The van der Waals surface area contributed by atoms with Crippen molar-refractivity contribution in [3.8, 4) is 5.75 Å². The number of hydrogen-bond acceptors (Lipinski definition) is 1. The third kappa shape index (κ3) is 2.19. The van der Waals surface area contributed by atoms with E-state index in [-0.39, 0.29) is 0 Å². The van der Waals surface area contributed by atoms with Crippen LogP contribution in [0, 0.1) is 5.92 Å². The lowest BCUT2D eigenvalue weighted by Crippen LogP contribution is -1.91. The zero-order chi connectivity index (χ0) is 11.8. The summed E-state index contributed by atoms with van der Waals surface area (Å²) in [4.78, 5) is 0.522. The van der Waals surface area contributed by atoms with Gasteiger partial charge in [0.2, 0.25) is 0 Å². The summed E-state index contributed by atoms with van der Waals surface area (Å²) < 4.78 is 5.24. The van der Waals surface area contributed by atoms with Crippen LogP contribution in [-0.2, 0) is 0 Å². The Kier molecular flexibility index (Phi) is 2.83. The predicted octanol–water partition coefficient (Wildman–Crippen LogP) is 4.69. The molecule has 0 spiro atoms. The van der Waals surface area contributed by atoms with Crippen molar-refractivity contribution in [2.75, 3.05) is 7.11 Å². The van der Waals surface area contributed by atoms with Crippen LogP contribution in [0.25, 0.3) is 10.8 Å². The summed E-state index contributed by atoms with van der Waals surface area (Å²) in [5.74, 6) is 1.76. The monoisotopic (exact) mass is 290 g/mol. The van der Waals surface area contributed by atoms with Gasteiger partial charge in [0.1, 0.15) is 5.75 Å². The Balaban J connectivity index is 2.00. The number of rotatable bonds is 3. The molecule has 1 unspecified atom stereocenters. The fraction of sp³-hybridized carbons (Fsp3) is 0.333. The van der Waals surface area contributed by atoms with E-state index in [0.29, 0.717) is 4.83 Å². The Labute approximate surface area is 110 Å². The first-order chi connectivity index (χ1) is 8.28. The van der Waals surface area contributed by atoms with Crippen LogP contribution in [0.5, 0.6) is 5.75 Å². The second kappa shape index (κ2) is 4.34. The first kappa shape index (κ1) is 11.1. The number of halogens is 1. The van der Waals surface area contributed by atoms with Crippen LogP contribution >= 0.6 is 15.9 Å². The maximum Gasteiger partial charge on any atom is 0.119 e. The van der Waals surface area contributed by atoms with Gasteiger partial charge in [-0.15, -0.1) is 0 Å². The van der Waals surface area contributed by atoms with E-state index in [1.165, 1.54) is 29.2 Å². The third-order valence-corrected chi connectivity index (χ3v) is 4.70. The summed E-state index contributed by atoms with van der Waals surface area (Å²) in [5.41, 5.74) is 1.39. The first-order valence-corrected chi connectivity index (χ1v) is 6.91. The molecule has 1 aliphatic carbocycles. The predicted molar refractivity (Wildman–Crippen MR) is 74.9 cm³/mol. The Morgan fingerprint density at radius 2 is 1.82 bits per heavy atom. The molecule has 1 saturated carbocycles. The molecule has 88 valence electrons. The number of hydrogen-bond donors (Lipinski definition) is 0. The van der Waals surface area contributed by atoms with Crippen molar-refractivity contribution in [3.05, 3.63) is 42.0 Å². The molecule has 0 heterocycles. The van der Waals surface area contributed by atoms with Gasteiger partial charge in [0.25, 0.3) is 0 Å². The summed E-state index contributed by atoms with van der Waals surface area (Å²) in [6, 6.07) is 12.9. The van der Waals surface area contributed by atoms with E-state index in [2.05, 4.69) is 46.3 Å². The van der Waals surface area contributed by atoms with E-state index in [9.17, 15) is 0 Å². The second-order valence-electron chi connectivity index (χ2n) is 4.71. The highest BCUT2D eigenvalue weighted by Gasteiger charge is 2.30. The molecule has 0 radical (unpaired) electrons. The second-order valence-corrected chi connectivity index (χ2v) is 5.70. The Morgan fingerprint density at radius 3 is 2.53 bits per heavy atom. The summed E-state index contributed by atoms with van der Waals surface area (Å²) in [6.45, 7) is 0. The number of benzene rings is 2. The van der Waals surface area contributed by atoms with Crippen molar-refractivity contribution in [2.24, 2.45) is 5.92 Å². The van der Waals surface area contributed by atoms with Crippen LogP contribution in [0.3, 0.4) is 0 Å². The van der Waals surface area contributed by atoms with Gasteiger partial charge in [-0.1, -0.05) is 40.2 Å². The number of alkyl halides is 1. The summed E-state index contributed by atoms with van der Waals surface area (Å²) >= 11 is 3.80. The van der Waals surface area contributed by atoms with E-state index < -0.39 is 0 Å². The van der Waals surface area contributed by atoms with E-state index in [0.717, 1.165) is 11.7 Å². The minimum Gasteiger partial charge on any atom is -0.497 e. The highest BCUT2D eigenvalue weighted by atomic mass is 79.9. The Morgan fingerprint density at radius 1 is 1.12 bits per heavy atom. The van der Waals surface area contributed by atoms with Crippen LogP contribution in [0.4, 0.5) is 0 Å². The van der Waals surface area contributed by atoms with Crippen molar-refractivity contribution in [1.29, 1.82) is 0 Å². The summed E-state index contributed by atoms with van der Waals surface area (Å²) in [5, 5.41) is 2.52. The molecule has 1 fully saturated rings. The highest BCUT2D eigenvalue weighted by molar-refractivity contribution is 9.09. The zero-order valence-corrected chi connectivity index (χ0v) is 11.4. The van der Waals surface area contributed by atoms with Gasteiger partial charge >= 0.3 is 0 Å². The molecule has 2 aromatic rings. The van der Waals surface area contributed by atoms with Gasteiger partial charge in [0.05, 0.1) is 7.11 Å². The fourth-order valence-electron chi connectivity index (χ4n) is 2.20. The van der Waals surface area contributed by atoms with Crippen molar-refractivity contribution in [2.45, 2.75) is 17.7 Å².